The van der Waals surface area contributed by atoms with Crippen molar-refractivity contribution in [3.05, 3.63) is 49.0 Å². The first-order valence-corrected chi connectivity index (χ1v) is 5.67. The molecule has 6 heteroatoms. The zero-order valence-electron chi connectivity index (χ0n) is 9.95. The number of nitrogens with zero attached hydrogens (tertiary/aromatic N) is 3. The minimum absolute atomic E-state index is 0.425. The van der Waals surface area contributed by atoms with Crippen LogP contribution in [0.4, 0.5) is 17.5 Å². The second-order valence-corrected chi connectivity index (χ2v) is 3.84. The van der Waals surface area contributed by atoms with Crippen LogP contribution in [0.15, 0.2) is 53.4 Å². The molecule has 0 bridgehead atoms. The van der Waals surface area contributed by atoms with Crippen LogP contribution in [0.25, 0.3) is 11.5 Å². The lowest BCUT2D eigenvalue weighted by molar-refractivity contribution is 0.574. The standard InChI is InChI=1S/C13H11N5O/c14-11-5-6-16-13(18-11)17-10-3-1-9(2-4-10)12-15-7-8-19-12/h1-8H,(H3,14,16,17,18). The van der Waals surface area contributed by atoms with Gasteiger partial charge in [0.15, 0.2) is 0 Å². The van der Waals surface area contributed by atoms with E-state index in [0.717, 1.165) is 11.3 Å². The number of aromatic nitrogens is 3. The highest BCUT2D eigenvalue weighted by Crippen LogP contribution is 2.20. The van der Waals surface area contributed by atoms with Gasteiger partial charge in [0, 0.05) is 17.4 Å². The summed E-state index contributed by atoms with van der Waals surface area (Å²) in [6, 6.07) is 9.23. The number of rotatable bonds is 3. The summed E-state index contributed by atoms with van der Waals surface area (Å²) in [5, 5.41) is 3.06. The molecular formula is C13H11N5O. The van der Waals surface area contributed by atoms with Crippen LogP contribution in [0.5, 0.6) is 0 Å². The predicted molar refractivity (Wildman–Crippen MR) is 71.7 cm³/mol. The first-order valence-electron chi connectivity index (χ1n) is 5.67. The summed E-state index contributed by atoms with van der Waals surface area (Å²) in [4.78, 5) is 12.2. The highest BCUT2D eigenvalue weighted by atomic mass is 16.3. The van der Waals surface area contributed by atoms with Crippen LogP contribution in [-0.4, -0.2) is 15.0 Å². The number of nitrogens with one attached hydrogen (secondary N) is 1. The topological polar surface area (TPSA) is 89.9 Å². The Morgan fingerprint density at radius 2 is 1.84 bits per heavy atom. The molecule has 2 aromatic heterocycles. The lowest BCUT2D eigenvalue weighted by Gasteiger charge is -2.05. The quantitative estimate of drug-likeness (QED) is 0.745. The number of anilines is 3. The summed E-state index contributed by atoms with van der Waals surface area (Å²) in [7, 11) is 0. The highest BCUT2D eigenvalue weighted by molar-refractivity contribution is 5.61. The molecule has 0 saturated carbocycles. The van der Waals surface area contributed by atoms with E-state index in [1.54, 1.807) is 24.7 Å². The molecule has 1 aromatic carbocycles. The average molecular weight is 253 g/mol. The van der Waals surface area contributed by atoms with Gasteiger partial charge in [0.25, 0.3) is 0 Å². The van der Waals surface area contributed by atoms with E-state index in [9.17, 15) is 0 Å². The van der Waals surface area contributed by atoms with E-state index in [4.69, 9.17) is 10.2 Å². The third-order valence-electron chi connectivity index (χ3n) is 2.50. The molecule has 3 N–H and O–H groups in total. The smallest absolute Gasteiger partial charge is 0.229 e. The van der Waals surface area contributed by atoms with Gasteiger partial charge in [0.05, 0.1) is 6.20 Å². The van der Waals surface area contributed by atoms with Gasteiger partial charge >= 0.3 is 0 Å². The van der Waals surface area contributed by atoms with Crippen molar-refractivity contribution in [2.45, 2.75) is 0 Å². The summed E-state index contributed by atoms with van der Waals surface area (Å²) in [6.45, 7) is 0. The third-order valence-corrected chi connectivity index (χ3v) is 2.50. The Morgan fingerprint density at radius 3 is 2.53 bits per heavy atom. The Morgan fingerprint density at radius 1 is 1.00 bits per heavy atom. The lowest BCUT2D eigenvalue weighted by atomic mass is 10.2. The SMILES string of the molecule is Nc1ccnc(Nc2ccc(-c3ncco3)cc2)n1. The summed E-state index contributed by atoms with van der Waals surface area (Å²) >= 11 is 0. The van der Waals surface area contributed by atoms with Crippen molar-refractivity contribution in [1.82, 2.24) is 15.0 Å². The number of oxazole rings is 1. The summed E-state index contributed by atoms with van der Waals surface area (Å²) in [5.74, 6) is 1.48. The maximum absolute atomic E-state index is 5.59. The van der Waals surface area contributed by atoms with Crippen LogP contribution in [0.1, 0.15) is 0 Å². The molecule has 3 aromatic rings. The van der Waals surface area contributed by atoms with Gasteiger partial charge in [-0.15, -0.1) is 0 Å². The molecule has 6 nitrogen and oxygen atoms in total. The molecule has 0 radical (unpaired) electrons. The Kier molecular flexibility index (Phi) is 2.82. The van der Waals surface area contributed by atoms with Gasteiger partial charge < -0.3 is 15.5 Å². The van der Waals surface area contributed by atoms with Gasteiger partial charge in [0.2, 0.25) is 11.8 Å². The zero-order chi connectivity index (χ0) is 13.1. The number of hydrogen-bond acceptors (Lipinski definition) is 6. The van der Waals surface area contributed by atoms with Crippen LogP contribution in [0, 0.1) is 0 Å². The van der Waals surface area contributed by atoms with Gasteiger partial charge in [-0.3, -0.25) is 0 Å². The minimum Gasteiger partial charge on any atom is -0.445 e. The van der Waals surface area contributed by atoms with Crippen molar-refractivity contribution in [3.8, 4) is 11.5 Å². The monoisotopic (exact) mass is 253 g/mol. The zero-order valence-corrected chi connectivity index (χ0v) is 9.95. The molecule has 19 heavy (non-hydrogen) atoms. The Hall–Kier alpha value is -2.89. The van der Waals surface area contributed by atoms with Gasteiger partial charge in [-0.25, -0.2) is 9.97 Å². The number of hydrogen-bond donors (Lipinski definition) is 2. The van der Waals surface area contributed by atoms with Crippen molar-refractivity contribution < 1.29 is 4.42 Å². The molecule has 2 heterocycles. The van der Waals surface area contributed by atoms with E-state index in [-0.39, 0.29) is 0 Å². The highest BCUT2D eigenvalue weighted by Gasteiger charge is 2.03. The molecule has 0 fully saturated rings. The van der Waals surface area contributed by atoms with Gasteiger partial charge in [-0.05, 0) is 30.3 Å². The van der Waals surface area contributed by atoms with E-state index in [1.165, 1.54) is 0 Å². The van der Waals surface area contributed by atoms with Crippen LogP contribution < -0.4 is 11.1 Å². The minimum atomic E-state index is 0.425. The van der Waals surface area contributed by atoms with Gasteiger partial charge in [-0.2, -0.15) is 4.98 Å². The molecule has 0 unspecified atom stereocenters. The second kappa shape index (κ2) is 4.77. The largest absolute Gasteiger partial charge is 0.445 e. The molecule has 94 valence electrons. The van der Waals surface area contributed by atoms with Crippen LogP contribution in [0.2, 0.25) is 0 Å². The lowest BCUT2D eigenvalue weighted by Crippen LogP contribution is -1.99. The van der Waals surface area contributed by atoms with Crippen molar-refractivity contribution in [2.24, 2.45) is 0 Å². The van der Waals surface area contributed by atoms with E-state index in [2.05, 4.69) is 20.3 Å². The second-order valence-electron chi connectivity index (χ2n) is 3.84. The van der Waals surface area contributed by atoms with Crippen molar-refractivity contribution in [2.75, 3.05) is 11.1 Å². The molecular weight excluding hydrogens is 242 g/mol. The average Bonchev–Trinajstić information content (AvgIpc) is 2.94. The fourth-order valence-electron chi connectivity index (χ4n) is 1.62. The maximum Gasteiger partial charge on any atom is 0.229 e. The maximum atomic E-state index is 5.59. The predicted octanol–water partition coefficient (Wildman–Crippen LogP) is 2.46. The molecule has 3 rings (SSSR count). The van der Waals surface area contributed by atoms with Crippen LogP contribution >= 0.6 is 0 Å². The van der Waals surface area contributed by atoms with Crippen molar-refractivity contribution in [3.63, 3.8) is 0 Å². The van der Waals surface area contributed by atoms with E-state index in [0.29, 0.717) is 17.7 Å². The summed E-state index contributed by atoms with van der Waals surface area (Å²) < 4.78 is 5.22. The number of benzene rings is 1. The Labute approximate surface area is 109 Å². The number of nitrogen functional groups attached to an aromatic ring is 1. The molecule has 0 aliphatic carbocycles. The van der Waals surface area contributed by atoms with Crippen LogP contribution in [-0.2, 0) is 0 Å². The van der Waals surface area contributed by atoms with Crippen molar-refractivity contribution >= 4 is 17.5 Å². The molecule has 0 saturated heterocycles. The fourth-order valence-corrected chi connectivity index (χ4v) is 1.62. The molecule has 0 spiro atoms. The van der Waals surface area contributed by atoms with Gasteiger partial charge in [-0.1, -0.05) is 0 Å². The summed E-state index contributed by atoms with van der Waals surface area (Å²) in [6.07, 6.45) is 4.76. The molecule has 0 aliphatic rings. The summed E-state index contributed by atoms with van der Waals surface area (Å²) in [5.41, 5.74) is 7.36. The van der Waals surface area contributed by atoms with Crippen LogP contribution in [0.3, 0.4) is 0 Å². The van der Waals surface area contributed by atoms with E-state index in [1.807, 2.05) is 24.3 Å². The van der Waals surface area contributed by atoms with Crippen molar-refractivity contribution in [1.29, 1.82) is 0 Å². The normalized spacial score (nSPS) is 10.3. The number of nitrogens with two attached hydrogens (primary N) is 1. The van der Waals surface area contributed by atoms with Gasteiger partial charge in [0.1, 0.15) is 12.1 Å². The Balaban J connectivity index is 1.80. The first-order chi connectivity index (χ1) is 9.31. The molecule has 0 atom stereocenters. The van der Waals surface area contributed by atoms with E-state index < -0.39 is 0 Å². The Bertz CT molecular complexity index is 664. The molecule has 0 aliphatic heterocycles. The molecule has 0 amide bonds. The third kappa shape index (κ3) is 2.52. The fraction of sp³-hybridized carbons (Fsp3) is 0. The first kappa shape index (κ1) is 11.2. The van der Waals surface area contributed by atoms with E-state index >= 15 is 0 Å².